The Balaban J connectivity index is 1.58. The highest BCUT2D eigenvalue weighted by Gasteiger charge is 2.14. The van der Waals surface area contributed by atoms with Crippen LogP contribution in [0.5, 0.6) is 0 Å². The Bertz CT molecular complexity index is 887. The third-order valence-electron chi connectivity index (χ3n) is 4.80. The van der Waals surface area contributed by atoms with Crippen LogP contribution < -0.4 is 15.6 Å². The van der Waals surface area contributed by atoms with Gasteiger partial charge in [0.25, 0.3) is 5.91 Å². The molecule has 0 aromatic heterocycles. The second kappa shape index (κ2) is 9.95. The van der Waals surface area contributed by atoms with E-state index in [4.69, 9.17) is 4.74 Å². The van der Waals surface area contributed by atoms with Crippen molar-refractivity contribution in [1.29, 1.82) is 0 Å². The minimum atomic E-state index is -0.257. The fraction of sp³-hybridized carbons (Fsp3) is 0.318. The Hall–Kier alpha value is -3.03. The summed E-state index contributed by atoms with van der Waals surface area (Å²) in [4.78, 5) is 25.1. The Kier molecular flexibility index (Phi) is 7.10. The van der Waals surface area contributed by atoms with Crippen LogP contribution in [-0.2, 0) is 16.1 Å². The molecule has 1 aliphatic heterocycles. The van der Waals surface area contributed by atoms with E-state index in [-0.39, 0.29) is 11.8 Å². The topological polar surface area (TPSA) is 84.2 Å². The van der Waals surface area contributed by atoms with Gasteiger partial charge >= 0.3 is 0 Å². The summed E-state index contributed by atoms with van der Waals surface area (Å²) in [5.74, 6) is -0.392. The number of morpholine rings is 1. The molecule has 0 radical (unpaired) electrons. The first-order valence-electron chi connectivity index (χ1n) is 9.74. The number of carbonyl (C=O) groups excluding carboxylic acids is 2. The van der Waals surface area contributed by atoms with Crippen LogP contribution in [0.2, 0.25) is 0 Å². The van der Waals surface area contributed by atoms with E-state index < -0.39 is 0 Å². The number of nitrogens with one attached hydrogen (secondary N) is 3. The highest BCUT2D eigenvalue weighted by molar-refractivity contribution is 6.02. The fourth-order valence-corrected chi connectivity index (χ4v) is 3.19. The summed E-state index contributed by atoms with van der Waals surface area (Å²) >= 11 is 0. The number of hydrazone groups is 1. The van der Waals surface area contributed by atoms with Crippen molar-refractivity contribution in [3.8, 4) is 0 Å². The second-order valence-corrected chi connectivity index (χ2v) is 7.14. The van der Waals surface area contributed by atoms with E-state index in [9.17, 15) is 9.59 Å². The monoisotopic (exact) mass is 395 g/mol. The Morgan fingerprint density at radius 3 is 2.45 bits per heavy atom. The summed E-state index contributed by atoms with van der Waals surface area (Å²) in [7, 11) is 0. The van der Waals surface area contributed by atoms with Crippen molar-refractivity contribution >= 4 is 23.2 Å². The molecule has 2 amide bonds. The van der Waals surface area contributed by atoms with Gasteiger partial charge in [0.1, 0.15) is 19.6 Å². The molecule has 29 heavy (non-hydrogen) atoms. The molecule has 1 heterocycles. The Morgan fingerprint density at radius 2 is 1.76 bits per heavy atom. The van der Waals surface area contributed by atoms with Crippen molar-refractivity contribution in [3.63, 3.8) is 0 Å². The van der Waals surface area contributed by atoms with Crippen molar-refractivity contribution in [2.45, 2.75) is 20.4 Å². The molecule has 0 unspecified atom stereocenters. The molecule has 0 spiro atoms. The zero-order valence-corrected chi connectivity index (χ0v) is 16.8. The summed E-state index contributed by atoms with van der Waals surface area (Å²) in [6.45, 7) is 7.84. The molecule has 1 fully saturated rings. The van der Waals surface area contributed by atoms with E-state index in [2.05, 4.69) is 15.8 Å². The van der Waals surface area contributed by atoms with Gasteiger partial charge in [0.2, 0.25) is 5.91 Å². The van der Waals surface area contributed by atoms with Gasteiger partial charge in [-0.2, -0.15) is 5.10 Å². The van der Waals surface area contributed by atoms with Crippen molar-refractivity contribution in [2.75, 3.05) is 31.6 Å². The number of carbonyl (C=O) groups is 2. The van der Waals surface area contributed by atoms with Crippen LogP contribution in [0.3, 0.4) is 0 Å². The van der Waals surface area contributed by atoms with Gasteiger partial charge in [-0.05, 0) is 36.8 Å². The minimum Gasteiger partial charge on any atom is -0.370 e. The smallest absolute Gasteiger partial charge is 0.271 e. The molecule has 3 N–H and O–H groups in total. The largest absolute Gasteiger partial charge is 0.370 e. The van der Waals surface area contributed by atoms with Crippen molar-refractivity contribution in [3.05, 3.63) is 65.2 Å². The van der Waals surface area contributed by atoms with Gasteiger partial charge in [0, 0.05) is 23.7 Å². The Morgan fingerprint density at radius 1 is 1.03 bits per heavy atom. The standard InChI is InChI=1S/C22H26N4O3/c1-16(20-4-3-5-21(14-20)23-17(2)27)24-25-22(28)19-8-6-18(7-9-19)15-26-10-12-29-13-11-26/h3-9,14H,10-13,15H2,1-2H3,(H,23,27)(H,25,28)/p+1/b24-16-. The van der Waals surface area contributed by atoms with E-state index in [1.165, 1.54) is 17.4 Å². The van der Waals surface area contributed by atoms with Crippen LogP contribution in [0.4, 0.5) is 5.69 Å². The van der Waals surface area contributed by atoms with Gasteiger partial charge in [0.15, 0.2) is 0 Å². The number of rotatable bonds is 6. The van der Waals surface area contributed by atoms with Crippen LogP contribution in [0.15, 0.2) is 53.6 Å². The van der Waals surface area contributed by atoms with Crippen molar-refractivity contribution < 1.29 is 19.2 Å². The number of hydrogen-bond donors (Lipinski definition) is 3. The van der Waals surface area contributed by atoms with Gasteiger partial charge in [-0.3, -0.25) is 9.59 Å². The van der Waals surface area contributed by atoms with E-state index in [1.54, 1.807) is 13.0 Å². The van der Waals surface area contributed by atoms with Crippen LogP contribution in [0, 0.1) is 0 Å². The lowest BCUT2D eigenvalue weighted by Crippen LogP contribution is -3.12. The molecular weight excluding hydrogens is 368 g/mol. The average Bonchev–Trinajstić information content (AvgIpc) is 2.73. The normalized spacial score (nSPS) is 15.0. The van der Waals surface area contributed by atoms with Crippen LogP contribution >= 0.6 is 0 Å². The molecule has 0 bridgehead atoms. The summed E-state index contributed by atoms with van der Waals surface area (Å²) in [5, 5.41) is 6.93. The van der Waals surface area contributed by atoms with Gasteiger partial charge in [-0.1, -0.05) is 24.3 Å². The summed E-state index contributed by atoms with van der Waals surface area (Å²) in [6.07, 6.45) is 0. The average molecular weight is 395 g/mol. The predicted octanol–water partition coefficient (Wildman–Crippen LogP) is 1.21. The maximum absolute atomic E-state index is 12.4. The zero-order chi connectivity index (χ0) is 20.6. The minimum absolute atomic E-state index is 0.135. The zero-order valence-electron chi connectivity index (χ0n) is 16.8. The third-order valence-corrected chi connectivity index (χ3v) is 4.80. The number of benzene rings is 2. The first-order valence-corrected chi connectivity index (χ1v) is 9.74. The van der Waals surface area contributed by atoms with Crippen LogP contribution in [0.25, 0.3) is 0 Å². The molecule has 152 valence electrons. The second-order valence-electron chi connectivity index (χ2n) is 7.14. The van der Waals surface area contributed by atoms with E-state index in [0.29, 0.717) is 17.0 Å². The highest BCUT2D eigenvalue weighted by atomic mass is 16.5. The van der Waals surface area contributed by atoms with E-state index in [0.717, 1.165) is 38.4 Å². The summed E-state index contributed by atoms with van der Waals surface area (Å²) in [6, 6.07) is 15.0. The number of ether oxygens (including phenoxy) is 1. The molecule has 0 saturated carbocycles. The SMILES string of the molecule is CC(=O)Nc1cccc(/C(C)=N\NC(=O)c2ccc(C[NH+]3CCOCC3)cc2)c1. The number of hydrogen-bond acceptors (Lipinski definition) is 4. The maximum Gasteiger partial charge on any atom is 0.271 e. The quantitative estimate of drug-likeness (QED) is 0.508. The molecule has 0 aliphatic carbocycles. The summed E-state index contributed by atoms with van der Waals surface area (Å²) < 4.78 is 5.38. The molecule has 1 aliphatic rings. The lowest BCUT2D eigenvalue weighted by atomic mass is 10.1. The molecule has 1 saturated heterocycles. The molecule has 7 heteroatoms. The number of amides is 2. The molecule has 2 aromatic rings. The van der Waals surface area contributed by atoms with E-state index >= 15 is 0 Å². The van der Waals surface area contributed by atoms with Crippen molar-refractivity contribution in [2.24, 2.45) is 5.10 Å². The van der Waals surface area contributed by atoms with Gasteiger partial charge in [-0.15, -0.1) is 0 Å². The summed E-state index contributed by atoms with van der Waals surface area (Å²) in [5.41, 5.74) is 6.52. The molecular formula is C22H27N4O3+. The lowest BCUT2D eigenvalue weighted by Gasteiger charge is -2.23. The molecule has 0 atom stereocenters. The van der Waals surface area contributed by atoms with Gasteiger partial charge in [0.05, 0.1) is 18.9 Å². The lowest BCUT2D eigenvalue weighted by molar-refractivity contribution is -0.921. The predicted molar refractivity (Wildman–Crippen MR) is 112 cm³/mol. The highest BCUT2D eigenvalue weighted by Crippen LogP contribution is 2.11. The third kappa shape index (κ3) is 6.23. The van der Waals surface area contributed by atoms with Gasteiger partial charge < -0.3 is 15.0 Å². The molecule has 7 nitrogen and oxygen atoms in total. The van der Waals surface area contributed by atoms with E-state index in [1.807, 2.05) is 42.5 Å². The van der Waals surface area contributed by atoms with Crippen LogP contribution in [-0.4, -0.2) is 43.8 Å². The number of nitrogens with zero attached hydrogens (tertiary/aromatic N) is 1. The molecule has 3 rings (SSSR count). The van der Waals surface area contributed by atoms with Crippen molar-refractivity contribution in [1.82, 2.24) is 5.43 Å². The number of anilines is 1. The van der Waals surface area contributed by atoms with Gasteiger partial charge in [-0.25, -0.2) is 5.43 Å². The number of quaternary nitrogens is 1. The molecule has 2 aromatic carbocycles. The fourth-order valence-electron chi connectivity index (χ4n) is 3.19. The first-order chi connectivity index (χ1) is 14.0. The Labute approximate surface area is 170 Å². The maximum atomic E-state index is 12.4. The van der Waals surface area contributed by atoms with Crippen LogP contribution in [0.1, 0.15) is 35.3 Å². The first kappa shape index (κ1) is 20.7.